The Morgan fingerprint density at radius 1 is 1.17 bits per heavy atom. The van der Waals surface area contributed by atoms with Crippen molar-refractivity contribution in [1.82, 2.24) is 25.4 Å². The molecule has 0 radical (unpaired) electrons. The van der Waals surface area contributed by atoms with Gasteiger partial charge in [-0.2, -0.15) is 0 Å². The van der Waals surface area contributed by atoms with Crippen molar-refractivity contribution in [3.8, 4) is 0 Å². The highest BCUT2D eigenvalue weighted by atomic mass is 127. The third-order valence-electron chi connectivity index (χ3n) is 5.92. The second-order valence-corrected chi connectivity index (χ2v) is 7.87. The Morgan fingerprint density at radius 3 is 2.53 bits per heavy atom. The SMILES string of the molecule is COCCCNC(=NCc1nnc(C)n1C)NCC1(c2ccccc2)CCCC1.I. The molecule has 1 heterocycles. The largest absolute Gasteiger partial charge is 0.385 e. The average Bonchev–Trinajstić information content (AvgIpc) is 3.36. The molecule has 7 nitrogen and oxygen atoms in total. The summed E-state index contributed by atoms with van der Waals surface area (Å²) < 4.78 is 7.15. The number of aromatic nitrogens is 3. The summed E-state index contributed by atoms with van der Waals surface area (Å²) in [7, 11) is 3.70. The van der Waals surface area contributed by atoms with E-state index in [0.717, 1.165) is 43.7 Å². The number of hydrogen-bond donors (Lipinski definition) is 2. The van der Waals surface area contributed by atoms with E-state index in [-0.39, 0.29) is 29.4 Å². The fraction of sp³-hybridized carbons (Fsp3) is 0.591. The van der Waals surface area contributed by atoms with Crippen LogP contribution in [0.4, 0.5) is 0 Å². The number of rotatable bonds is 9. The van der Waals surface area contributed by atoms with Gasteiger partial charge in [-0.1, -0.05) is 43.2 Å². The Bertz CT molecular complexity index is 786. The highest BCUT2D eigenvalue weighted by Gasteiger charge is 2.35. The van der Waals surface area contributed by atoms with Gasteiger partial charge in [0.2, 0.25) is 0 Å². The van der Waals surface area contributed by atoms with Crippen LogP contribution in [0.3, 0.4) is 0 Å². The van der Waals surface area contributed by atoms with E-state index in [0.29, 0.717) is 6.54 Å². The first-order chi connectivity index (χ1) is 14.1. The van der Waals surface area contributed by atoms with Gasteiger partial charge in [0.15, 0.2) is 11.8 Å². The molecule has 8 heteroatoms. The maximum Gasteiger partial charge on any atom is 0.191 e. The van der Waals surface area contributed by atoms with Crippen molar-refractivity contribution >= 4 is 29.9 Å². The zero-order chi connectivity index (χ0) is 20.5. The van der Waals surface area contributed by atoms with Crippen molar-refractivity contribution in [3.05, 3.63) is 47.5 Å². The minimum Gasteiger partial charge on any atom is -0.385 e. The predicted molar refractivity (Wildman–Crippen MR) is 131 cm³/mol. The van der Waals surface area contributed by atoms with Crippen molar-refractivity contribution in [3.63, 3.8) is 0 Å². The van der Waals surface area contributed by atoms with Gasteiger partial charge in [0.25, 0.3) is 0 Å². The zero-order valence-corrected chi connectivity index (χ0v) is 20.7. The number of methoxy groups -OCH3 is 1. The van der Waals surface area contributed by atoms with E-state index in [1.165, 1.54) is 31.2 Å². The van der Waals surface area contributed by atoms with Crippen molar-refractivity contribution in [2.45, 2.75) is 51.0 Å². The summed E-state index contributed by atoms with van der Waals surface area (Å²) in [6.45, 7) is 4.87. The highest BCUT2D eigenvalue weighted by Crippen LogP contribution is 2.40. The van der Waals surface area contributed by atoms with E-state index < -0.39 is 0 Å². The monoisotopic (exact) mass is 526 g/mol. The summed E-state index contributed by atoms with van der Waals surface area (Å²) in [5.74, 6) is 2.58. The van der Waals surface area contributed by atoms with Crippen molar-refractivity contribution in [1.29, 1.82) is 0 Å². The van der Waals surface area contributed by atoms with Crippen LogP contribution in [-0.4, -0.2) is 47.5 Å². The third kappa shape index (κ3) is 6.41. The van der Waals surface area contributed by atoms with Gasteiger partial charge in [0.1, 0.15) is 12.4 Å². The minimum absolute atomic E-state index is 0. The van der Waals surface area contributed by atoms with E-state index in [4.69, 9.17) is 9.73 Å². The molecule has 0 saturated heterocycles. The van der Waals surface area contributed by atoms with Gasteiger partial charge in [-0.15, -0.1) is 34.2 Å². The van der Waals surface area contributed by atoms with Gasteiger partial charge >= 0.3 is 0 Å². The van der Waals surface area contributed by atoms with E-state index in [1.807, 2.05) is 18.5 Å². The molecule has 1 aromatic heterocycles. The minimum atomic E-state index is 0. The molecule has 2 aromatic rings. The summed E-state index contributed by atoms with van der Waals surface area (Å²) >= 11 is 0. The third-order valence-corrected chi connectivity index (χ3v) is 5.92. The first-order valence-corrected chi connectivity index (χ1v) is 10.6. The quantitative estimate of drug-likeness (QED) is 0.227. The molecule has 1 aliphatic carbocycles. The second kappa shape index (κ2) is 12.2. The molecule has 3 rings (SSSR count). The normalized spacial score (nSPS) is 15.6. The standard InChI is InChI=1S/C22H34N6O.HI/c1-18-26-27-20(28(18)2)16-24-21(23-14-9-15-29-3)25-17-22(12-7-8-13-22)19-10-5-4-6-11-19;/h4-6,10-11H,7-9,12-17H2,1-3H3,(H2,23,24,25);1H. The number of aliphatic imine (C=N–C) groups is 1. The Morgan fingerprint density at radius 2 is 1.90 bits per heavy atom. The van der Waals surface area contributed by atoms with Crippen LogP contribution in [0.25, 0.3) is 0 Å². The number of nitrogens with zero attached hydrogens (tertiary/aromatic N) is 4. The van der Waals surface area contributed by atoms with Crippen LogP contribution in [0.1, 0.15) is 49.3 Å². The van der Waals surface area contributed by atoms with Gasteiger partial charge in [0.05, 0.1) is 0 Å². The number of aryl methyl sites for hydroxylation is 1. The topological polar surface area (TPSA) is 76.4 Å². The fourth-order valence-corrected chi connectivity index (χ4v) is 4.00. The molecule has 0 unspecified atom stereocenters. The molecule has 30 heavy (non-hydrogen) atoms. The molecule has 0 aliphatic heterocycles. The van der Waals surface area contributed by atoms with Gasteiger partial charge < -0.3 is 19.9 Å². The van der Waals surface area contributed by atoms with Gasteiger partial charge in [-0.05, 0) is 31.7 Å². The molecule has 1 fully saturated rings. The van der Waals surface area contributed by atoms with Gasteiger partial charge in [-0.25, -0.2) is 4.99 Å². The average molecular weight is 526 g/mol. The van der Waals surface area contributed by atoms with Crippen LogP contribution in [0.2, 0.25) is 0 Å². The number of ether oxygens (including phenoxy) is 1. The Balaban J connectivity index is 0.00000320. The molecule has 0 amide bonds. The van der Waals surface area contributed by atoms with E-state index in [2.05, 4.69) is 51.2 Å². The number of nitrogens with one attached hydrogen (secondary N) is 2. The second-order valence-electron chi connectivity index (χ2n) is 7.87. The summed E-state index contributed by atoms with van der Waals surface area (Å²) in [6.07, 6.45) is 5.92. The number of hydrogen-bond acceptors (Lipinski definition) is 4. The molecule has 2 N–H and O–H groups in total. The molecule has 166 valence electrons. The predicted octanol–water partition coefficient (Wildman–Crippen LogP) is 3.33. The van der Waals surface area contributed by atoms with E-state index in [1.54, 1.807) is 7.11 Å². The maximum absolute atomic E-state index is 5.16. The van der Waals surface area contributed by atoms with Crippen LogP contribution >= 0.6 is 24.0 Å². The molecule has 1 saturated carbocycles. The first kappa shape index (κ1) is 24.6. The summed E-state index contributed by atoms with van der Waals surface area (Å²) in [5.41, 5.74) is 1.60. The molecule has 0 bridgehead atoms. The van der Waals surface area contributed by atoms with Crippen LogP contribution in [0.5, 0.6) is 0 Å². The molecular weight excluding hydrogens is 491 g/mol. The van der Waals surface area contributed by atoms with E-state index >= 15 is 0 Å². The van der Waals surface area contributed by atoms with E-state index in [9.17, 15) is 0 Å². The lowest BCUT2D eigenvalue weighted by Gasteiger charge is -2.31. The Labute approximate surface area is 197 Å². The van der Waals surface area contributed by atoms with Crippen LogP contribution in [-0.2, 0) is 23.7 Å². The van der Waals surface area contributed by atoms with Crippen LogP contribution in [0, 0.1) is 6.92 Å². The molecule has 1 aliphatic rings. The van der Waals surface area contributed by atoms with Gasteiger partial charge in [0, 0.05) is 39.3 Å². The van der Waals surface area contributed by atoms with Crippen LogP contribution in [0.15, 0.2) is 35.3 Å². The number of benzene rings is 1. The first-order valence-electron chi connectivity index (χ1n) is 10.6. The summed E-state index contributed by atoms with van der Waals surface area (Å²) in [4.78, 5) is 4.78. The number of guanidine groups is 1. The fourth-order valence-electron chi connectivity index (χ4n) is 4.00. The number of halogens is 1. The van der Waals surface area contributed by atoms with Gasteiger partial charge in [-0.3, -0.25) is 0 Å². The molecule has 0 atom stereocenters. The zero-order valence-electron chi connectivity index (χ0n) is 18.4. The van der Waals surface area contributed by atoms with Crippen molar-refractivity contribution < 1.29 is 4.74 Å². The van der Waals surface area contributed by atoms with Crippen molar-refractivity contribution in [2.24, 2.45) is 12.0 Å². The summed E-state index contributed by atoms with van der Waals surface area (Å²) in [6, 6.07) is 10.9. The highest BCUT2D eigenvalue weighted by molar-refractivity contribution is 14.0. The Kier molecular flexibility index (Phi) is 10.0. The molecular formula is C22H35IN6O. The molecule has 0 spiro atoms. The lowest BCUT2D eigenvalue weighted by atomic mass is 9.79. The summed E-state index contributed by atoms with van der Waals surface area (Å²) in [5, 5.41) is 15.4. The maximum atomic E-state index is 5.16. The lowest BCUT2D eigenvalue weighted by Crippen LogP contribution is -2.45. The lowest BCUT2D eigenvalue weighted by molar-refractivity contribution is 0.195. The molecule has 1 aromatic carbocycles. The smallest absolute Gasteiger partial charge is 0.191 e. The van der Waals surface area contributed by atoms with Crippen LogP contribution < -0.4 is 10.6 Å². The Hall–Kier alpha value is -1.68. The van der Waals surface area contributed by atoms with Crippen molar-refractivity contribution in [2.75, 3.05) is 26.8 Å².